The Morgan fingerprint density at radius 1 is 1.00 bits per heavy atom. The maximum atomic E-state index is 5.38. The zero-order valence-electron chi connectivity index (χ0n) is 11.9. The van der Waals surface area contributed by atoms with Crippen molar-refractivity contribution < 1.29 is 4.74 Å². The number of ether oxygens (including phenoxy) is 1. The van der Waals surface area contributed by atoms with Gasteiger partial charge < -0.3 is 10.1 Å². The van der Waals surface area contributed by atoms with Gasteiger partial charge in [-0.25, -0.2) is 0 Å². The first-order valence-corrected chi connectivity index (χ1v) is 7.23. The summed E-state index contributed by atoms with van der Waals surface area (Å²) in [6, 6.07) is 20.1. The first kappa shape index (κ1) is 13.3. The van der Waals surface area contributed by atoms with Crippen LogP contribution in [0.5, 0.6) is 0 Å². The van der Waals surface area contributed by atoms with Gasteiger partial charge in [0.2, 0.25) is 0 Å². The predicted octanol–water partition coefficient (Wildman–Crippen LogP) is 3.13. The second-order valence-corrected chi connectivity index (χ2v) is 5.46. The van der Waals surface area contributed by atoms with E-state index in [-0.39, 0.29) is 6.04 Å². The highest BCUT2D eigenvalue weighted by Crippen LogP contribution is 2.24. The Morgan fingerprint density at radius 3 is 2.20 bits per heavy atom. The molecule has 2 aromatic rings. The van der Waals surface area contributed by atoms with Crippen molar-refractivity contribution >= 4 is 0 Å². The van der Waals surface area contributed by atoms with E-state index in [0.717, 1.165) is 12.8 Å². The SMILES string of the molecule is COCC(NC1Cc2ccccc2C1)c1ccccc1. The van der Waals surface area contributed by atoms with Crippen LogP contribution < -0.4 is 5.32 Å². The van der Waals surface area contributed by atoms with Gasteiger partial charge in [0.05, 0.1) is 12.6 Å². The number of rotatable bonds is 5. The molecule has 2 nitrogen and oxygen atoms in total. The third kappa shape index (κ3) is 2.92. The summed E-state index contributed by atoms with van der Waals surface area (Å²) >= 11 is 0. The second-order valence-electron chi connectivity index (χ2n) is 5.46. The van der Waals surface area contributed by atoms with E-state index in [4.69, 9.17) is 4.74 Å². The van der Waals surface area contributed by atoms with Crippen LogP contribution in [-0.4, -0.2) is 19.8 Å². The van der Waals surface area contributed by atoms with Gasteiger partial charge in [0.15, 0.2) is 0 Å². The van der Waals surface area contributed by atoms with Crippen molar-refractivity contribution in [3.8, 4) is 0 Å². The smallest absolute Gasteiger partial charge is 0.0657 e. The van der Waals surface area contributed by atoms with Crippen molar-refractivity contribution in [2.24, 2.45) is 0 Å². The summed E-state index contributed by atoms with van der Waals surface area (Å²) in [4.78, 5) is 0. The average Bonchev–Trinajstić information content (AvgIpc) is 2.90. The van der Waals surface area contributed by atoms with Gasteiger partial charge in [0.25, 0.3) is 0 Å². The maximum absolute atomic E-state index is 5.38. The van der Waals surface area contributed by atoms with Gasteiger partial charge in [-0.1, -0.05) is 54.6 Å². The Balaban J connectivity index is 1.70. The molecule has 0 heterocycles. The fourth-order valence-electron chi connectivity index (χ4n) is 3.05. The highest BCUT2D eigenvalue weighted by Gasteiger charge is 2.23. The minimum Gasteiger partial charge on any atom is -0.383 e. The third-order valence-electron chi connectivity index (χ3n) is 4.02. The molecule has 0 aliphatic heterocycles. The molecule has 0 amide bonds. The van der Waals surface area contributed by atoms with Gasteiger partial charge in [0, 0.05) is 13.2 Å². The molecule has 0 spiro atoms. The molecule has 2 aromatic carbocycles. The molecule has 0 radical (unpaired) electrons. The maximum Gasteiger partial charge on any atom is 0.0657 e. The fraction of sp³-hybridized carbons (Fsp3) is 0.333. The van der Waals surface area contributed by atoms with Gasteiger partial charge in [-0.3, -0.25) is 0 Å². The van der Waals surface area contributed by atoms with Crippen LogP contribution in [0.4, 0.5) is 0 Å². The lowest BCUT2D eigenvalue weighted by atomic mass is 10.1. The summed E-state index contributed by atoms with van der Waals surface area (Å²) < 4.78 is 5.38. The van der Waals surface area contributed by atoms with Crippen LogP contribution in [0.25, 0.3) is 0 Å². The van der Waals surface area contributed by atoms with E-state index in [2.05, 4.69) is 59.9 Å². The molecule has 1 N–H and O–H groups in total. The normalized spacial score (nSPS) is 16.1. The molecule has 0 fully saturated rings. The fourth-order valence-corrected chi connectivity index (χ4v) is 3.05. The minimum absolute atomic E-state index is 0.264. The lowest BCUT2D eigenvalue weighted by Gasteiger charge is -2.22. The molecule has 0 aromatic heterocycles. The van der Waals surface area contributed by atoms with Crippen molar-refractivity contribution in [2.45, 2.75) is 24.9 Å². The zero-order valence-corrected chi connectivity index (χ0v) is 11.9. The van der Waals surface area contributed by atoms with Crippen molar-refractivity contribution in [3.05, 3.63) is 71.3 Å². The van der Waals surface area contributed by atoms with E-state index in [1.807, 2.05) is 0 Å². The number of methoxy groups -OCH3 is 1. The van der Waals surface area contributed by atoms with Crippen molar-refractivity contribution in [1.82, 2.24) is 5.32 Å². The van der Waals surface area contributed by atoms with Crippen LogP contribution in [0.1, 0.15) is 22.7 Å². The molecular formula is C18H21NO. The molecule has 0 saturated heterocycles. The van der Waals surface area contributed by atoms with Crippen LogP contribution in [0.3, 0.4) is 0 Å². The number of benzene rings is 2. The van der Waals surface area contributed by atoms with Gasteiger partial charge in [-0.05, 0) is 29.5 Å². The summed E-state index contributed by atoms with van der Waals surface area (Å²) in [5, 5.41) is 3.76. The lowest BCUT2D eigenvalue weighted by molar-refractivity contribution is 0.161. The summed E-state index contributed by atoms with van der Waals surface area (Å²) in [6.45, 7) is 0.705. The quantitative estimate of drug-likeness (QED) is 0.898. The Hall–Kier alpha value is -1.64. The molecule has 0 bridgehead atoms. The Morgan fingerprint density at radius 2 is 1.60 bits per heavy atom. The summed E-state index contributed by atoms with van der Waals surface area (Å²) in [7, 11) is 1.76. The molecule has 2 heteroatoms. The summed E-state index contributed by atoms with van der Waals surface area (Å²) in [6.07, 6.45) is 2.23. The topological polar surface area (TPSA) is 21.3 Å². The van der Waals surface area contributed by atoms with Crippen LogP contribution in [0.2, 0.25) is 0 Å². The zero-order chi connectivity index (χ0) is 13.8. The standard InChI is InChI=1S/C18H21NO/c1-20-13-18(14-7-3-2-4-8-14)19-17-11-15-9-5-6-10-16(15)12-17/h2-10,17-19H,11-13H2,1H3. The molecule has 104 valence electrons. The number of nitrogens with one attached hydrogen (secondary N) is 1. The molecule has 0 saturated carbocycles. The highest BCUT2D eigenvalue weighted by molar-refractivity contribution is 5.33. The van der Waals surface area contributed by atoms with Crippen molar-refractivity contribution in [2.75, 3.05) is 13.7 Å². The van der Waals surface area contributed by atoms with E-state index < -0.39 is 0 Å². The van der Waals surface area contributed by atoms with Gasteiger partial charge >= 0.3 is 0 Å². The first-order valence-electron chi connectivity index (χ1n) is 7.23. The molecular weight excluding hydrogens is 246 g/mol. The molecule has 1 unspecified atom stereocenters. The van der Waals surface area contributed by atoms with Crippen LogP contribution >= 0.6 is 0 Å². The van der Waals surface area contributed by atoms with Crippen molar-refractivity contribution in [3.63, 3.8) is 0 Å². The van der Waals surface area contributed by atoms with Gasteiger partial charge in [-0.15, -0.1) is 0 Å². The molecule has 1 aliphatic rings. The Bertz CT molecular complexity index is 527. The molecule has 3 rings (SSSR count). The monoisotopic (exact) mass is 267 g/mol. The van der Waals surface area contributed by atoms with E-state index >= 15 is 0 Å². The number of hydrogen-bond donors (Lipinski definition) is 1. The Labute approximate surface area is 120 Å². The average molecular weight is 267 g/mol. The second kappa shape index (κ2) is 6.21. The highest BCUT2D eigenvalue weighted by atomic mass is 16.5. The van der Waals surface area contributed by atoms with Crippen LogP contribution in [-0.2, 0) is 17.6 Å². The summed E-state index contributed by atoms with van der Waals surface area (Å²) in [5.74, 6) is 0. The minimum atomic E-state index is 0.264. The van der Waals surface area contributed by atoms with E-state index in [0.29, 0.717) is 12.6 Å². The van der Waals surface area contributed by atoms with E-state index in [1.165, 1.54) is 16.7 Å². The van der Waals surface area contributed by atoms with E-state index in [1.54, 1.807) is 7.11 Å². The van der Waals surface area contributed by atoms with Gasteiger partial charge in [0.1, 0.15) is 0 Å². The lowest BCUT2D eigenvalue weighted by Crippen LogP contribution is -2.35. The Kier molecular flexibility index (Phi) is 4.14. The van der Waals surface area contributed by atoms with Crippen molar-refractivity contribution in [1.29, 1.82) is 0 Å². The number of fused-ring (bicyclic) bond motifs is 1. The predicted molar refractivity (Wildman–Crippen MR) is 81.8 cm³/mol. The number of hydrogen-bond acceptors (Lipinski definition) is 2. The summed E-state index contributed by atoms with van der Waals surface area (Å²) in [5.41, 5.74) is 4.26. The molecule has 1 aliphatic carbocycles. The third-order valence-corrected chi connectivity index (χ3v) is 4.02. The first-order chi connectivity index (χ1) is 9.86. The van der Waals surface area contributed by atoms with Crippen LogP contribution in [0.15, 0.2) is 54.6 Å². The van der Waals surface area contributed by atoms with Crippen LogP contribution in [0, 0.1) is 0 Å². The largest absolute Gasteiger partial charge is 0.383 e. The molecule has 20 heavy (non-hydrogen) atoms. The van der Waals surface area contributed by atoms with E-state index in [9.17, 15) is 0 Å². The molecule has 1 atom stereocenters. The van der Waals surface area contributed by atoms with Gasteiger partial charge in [-0.2, -0.15) is 0 Å².